The molecule has 1 atom stereocenters. The van der Waals surface area contributed by atoms with Gasteiger partial charge in [0.1, 0.15) is 0 Å². The summed E-state index contributed by atoms with van der Waals surface area (Å²) in [5.41, 5.74) is 11.4. The minimum Gasteiger partial charge on any atom is -0.378 e. The lowest BCUT2D eigenvalue weighted by molar-refractivity contribution is 0.511. The zero-order chi connectivity index (χ0) is 35.3. The lowest BCUT2D eigenvalue weighted by Gasteiger charge is -2.36. The van der Waals surface area contributed by atoms with Crippen LogP contribution in [0.3, 0.4) is 0 Å². The van der Waals surface area contributed by atoms with Crippen molar-refractivity contribution in [2.45, 2.75) is 24.8 Å². The van der Waals surface area contributed by atoms with Crippen LogP contribution in [0.4, 0.5) is 0 Å². The Morgan fingerprint density at radius 3 is 2.00 bits per heavy atom. The Hall–Kier alpha value is -5.96. The number of rotatable bonds is 8. The molecular weight excluding hydrogens is 647 g/mol. The summed E-state index contributed by atoms with van der Waals surface area (Å²) in [6, 6.07) is 62.1. The van der Waals surface area contributed by atoms with E-state index in [-0.39, 0.29) is 0 Å². The zero-order valence-corrected chi connectivity index (χ0v) is 30.3. The Balaban J connectivity index is 1.24. The first-order chi connectivity index (χ1) is 25.5. The van der Waals surface area contributed by atoms with Gasteiger partial charge in [-0.05, 0) is 110 Å². The average molecular weight is 686 g/mol. The number of aryl methyl sites for hydroxylation is 1. The topological polar surface area (TPSA) is 12.0 Å². The molecule has 1 nitrogen and oxygen atoms in total. The van der Waals surface area contributed by atoms with E-state index in [0.29, 0.717) is 0 Å². The third kappa shape index (κ3) is 4.98. The highest BCUT2D eigenvalue weighted by atomic mass is 32.1. The van der Waals surface area contributed by atoms with Gasteiger partial charge in [0, 0.05) is 9.58 Å². The van der Waals surface area contributed by atoms with Crippen LogP contribution in [-0.4, -0.2) is 0 Å². The molecule has 9 rings (SSSR count). The minimum absolute atomic E-state index is 0.448. The molecule has 1 aliphatic rings. The number of benzene rings is 7. The van der Waals surface area contributed by atoms with Gasteiger partial charge in [-0.2, -0.15) is 0 Å². The van der Waals surface area contributed by atoms with E-state index in [2.05, 4.69) is 202 Å². The molecule has 0 spiro atoms. The number of nitrogens with one attached hydrogen (secondary N) is 1. The lowest BCUT2D eigenvalue weighted by Crippen LogP contribution is -2.38. The molecule has 0 fully saturated rings. The van der Waals surface area contributed by atoms with Crippen LogP contribution < -0.4 is 5.32 Å². The van der Waals surface area contributed by atoms with Gasteiger partial charge in [0.05, 0.1) is 11.0 Å². The van der Waals surface area contributed by atoms with Crippen molar-refractivity contribution in [3.63, 3.8) is 0 Å². The first-order valence-electron chi connectivity index (χ1n) is 18.0. The van der Waals surface area contributed by atoms with Crippen LogP contribution in [0.2, 0.25) is 0 Å². The molecule has 8 aromatic rings. The molecule has 2 heteroatoms. The average Bonchev–Trinajstić information content (AvgIpc) is 3.76. The van der Waals surface area contributed by atoms with Gasteiger partial charge in [0.25, 0.3) is 0 Å². The second-order valence-electron chi connectivity index (χ2n) is 14.0. The van der Waals surface area contributed by atoms with Crippen LogP contribution >= 0.6 is 11.3 Å². The Kier molecular flexibility index (Phi) is 7.79. The molecule has 0 bridgehead atoms. The predicted molar refractivity (Wildman–Crippen MR) is 222 cm³/mol. The maximum atomic E-state index is 4.37. The molecule has 52 heavy (non-hydrogen) atoms. The molecule has 1 aliphatic carbocycles. The number of hydrogen-bond donors (Lipinski definition) is 1. The summed E-state index contributed by atoms with van der Waals surface area (Å²) in [5, 5.41) is 7.63. The Labute approximate surface area is 310 Å². The first-order valence-corrected chi connectivity index (χ1v) is 18.8. The quantitative estimate of drug-likeness (QED) is 0.157. The van der Waals surface area contributed by atoms with E-state index in [1.165, 1.54) is 70.2 Å². The van der Waals surface area contributed by atoms with Crippen LogP contribution in [0.5, 0.6) is 0 Å². The van der Waals surface area contributed by atoms with Crippen molar-refractivity contribution in [3.8, 4) is 11.1 Å². The number of thiophene rings is 1. The van der Waals surface area contributed by atoms with Gasteiger partial charge in [0.15, 0.2) is 0 Å². The van der Waals surface area contributed by atoms with Crippen LogP contribution in [0, 0.1) is 6.92 Å². The van der Waals surface area contributed by atoms with Crippen LogP contribution in [0.25, 0.3) is 37.6 Å². The van der Waals surface area contributed by atoms with Crippen molar-refractivity contribution in [1.82, 2.24) is 5.32 Å². The maximum Gasteiger partial charge on any atom is 0.0852 e. The number of hydrogen-bond acceptors (Lipinski definition) is 2. The van der Waals surface area contributed by atoms with Gasteiger partial charge in [-0.1, -0.05) is 164 Å². The fourth-order valence-electron chi connectivity index (χ4n) is 8.52. The van der Waals surface area contributed by atoms with Crippen LogP contribution in [-0.2, 0) is 11.0 Å². The first kappa shape index (κ1) is 32.0. The normalized spacial score (nSPS) is 14.3. The Morgan fingerprint density at radius 2 is 1.27 bits per heavy atom. The van der Waals surface area contributed by atoms with E-state index >= 15 is 0 Å². The van der Waals surface area contributed by atoms with Gasteiger partial charge < -0.3 is 5.32 Å². The monoisotopic (exact) mass is 685 g/mol. The van der Waals surface area contributed by atoms with Gasteiger partial charge >= 0.3 is 0 Å². The highest BCUT2D eigenvalue weighted by Crippen LogP contribution is 2.58. The molecule has 1 N–H and O–H groups in total. The zero-order valence-electron chi connectivity index (χ0n) is 29.4. The molecule has 1 aromatic heterocycles. The minimum atomic E-state index is -0.548. The fourth-order valence-corrected chi connectivity index (χ4v) is 9.82. The van der Waals surface area contributed by atoms with Crippen molar-refractivity contribution < 1.29 is 0 Å². The third-order valence-corrected chi connectivity index (χ3v) is 12.3. The van der Waals surface area contributed by atoms with Crippen molar-refractivity contribution in [2.24, 2.45) is 0 Å². The molecule has 0 aliphatic heterocycles. The van der Waals surface area contributed by atoms with E-state index in [4.69, 9.17) is 0 Å². The smallest absolute Gasteiger partial charge is 0.0852 e. The van der Waals surface area contributed by atoms with E-state index in [0.717, 1.165) is 11.1 Å². The molecular formula is C50H39NS. The summed E-state index contributed by atoms with van der Waals surface area (Å²) < 4.78 is 1.31. The maximum absolute atomic E-state index is 4.37. The van der Waals surface area contributed by atoms with E-state index in [1.807, 2.05) is 17.4 Å². The summed E-state index contributed by atoms with van der Waals surface area (Å²) in [4.78, 5) is 1.35. The summed E-state index contributed by atoms with van der Waals surface area (Å²) >= 11 is 1.91. The van der Waals surface area contributed by atoms with Crippen LogP contribution in [0.15, 0.2) is 189 Å². The molecule has 1 heterocycles. The molecule has 1 unspecified atom stereocenters. The summed E-state index contributed by atoms with van der Waals surface area (Å²) in [6.07, 6.45) is 4.16. The SMILES string of the molecule is C=C(/C=C\NC(C)(c1ccc(C2(c3cc4ccccc4s3)c3ccccc3-c3ccccc32)c(C)c1)c1cccc2ccccc12)c1ccccc1. The highest BCUT2D eigenvalue weighted by Gasteiger charge is 2.48. The number of fused-ring (bicyclic) bond motifs is 5. The van der Waals surface area contributed by atoms with E-state index < -0.39 is 11.0 Å². The van der Waals surface area contributed by atoms with Crippen molar-refractivity contribution in [1.29, 1.82) is 0 Å². The van der Waals surface area contributed by atoms with E-state index in [9.17, 15) is 0 Å². The number of allylic oxidation sites excluding steroid dienone is 2. The molecule has 0 radical (unpaired) electrons. The molecule has 0 saturated heterocycles. The summed E-state index contributed by atoms with van der Waals surface area (Å²) in [6.45, 7) is 8.98. The molecule has 7 aromatic carbocycles. The molecule has 0 amide bonds. The fraction of sp³-hybridized carbons (Fsp3) is 0.0800. The summed E-state index contributed by atoms with van der Waals surface area (Å²) in [5.74, 6) is 0. The van der Waals surface area contributed by atoms with Crippen molar-refractivity contribution in [3.05, 3.63) is 233 Å². The Bertz CT molecular complexity index is 2580. The van der Waals surface area contributed by atoms with Gasteiger partial charge in [-0.15, -0.1) is 11.3 Å². The molecule has 0 saturated carbocycles. The molecule has 250 valence electrons. The van der Waals surface area contributed by atoms with Gasteiger partial charge in [-0.25, -0.2) is 0 Å². The van der Waals surface area contributed by atoms with Gasteiger partial charge in [0.2, 0.25) is 0 Å². The Morgan fingerprint density at radius 1 is 0.635 bits per heavy atom. The third-order valence-electron chi connectivity index (χ3n) is 11.1. The van der Waals surface area contributed by atoms with E-state index in [1.54, 1.807) is 0 Å². The second-order valence-corrected chi connectivity index (χ2v) is 15.1. The summed E-state index contributed by atoms with van der Waals surface area (Å²) in [7, 11) is 0. The highest BCUT2D eigenvalue weighted by molar-refractivity contribution is 7.19. The van der Waals surface area contributed by atoms with Crippen molar-refractivity contribution >= 4 is 37.8 Å². The lowest BCUT2D eigenvalue weighted by atomic mass is 9.69. The standard InChI is InChI=1S/C50H39NS/c1-34(36-16-5-4-6-17-36)30-31-51-49(3,44-26-15-20-37-18-7-9-21-40(37)44)39-28-29-43(35(2)32-39)50(48-33-38-19-8-14-27-47(38)52-48)45-24-12-10-22-41(45)42-23-11-13-25-46(42)50/h4-33,51H,1H2,2-3H3/b31-30-. The second kappa shape index (κ2) is 12.7. The van der Waals surface area contributed by atoms with Crippen molar-refractivity contribution in [2.75, 3.05) is 0 Å². The van der Waals surface area contributed by atoms with Crippen LogP contribution in [0.1, 0.15) is 50.7 Å². The largest absolute Gasteiger partial charge is 0.378 e. The predicted octanol–water partition coefficient (Wildman–Crippen LogP) is 12.8. The van der Waals surface area contributed by atoms with Gasteiger partial charge in [-0.3, -0.25) is 0 Å².